The van der Waals surface area contributed by atoms with Crippen LogP contribution in [0.3, 0.4) is 0 Å². The first-order chi connectivity index (χ1) is 14.6. The van der Waals surface area contributed by atoms with Crippen molar-refractivity contribution in [1.82, 2.24) is 14.9 Å². The fraction of sp³-hybridized carbons (Fsp3) is 0.421. The van der Waals surface area contributed by atoms with Gasteiger partial charge in [0.1, 0.15) is 12.4 Å². The lowest BCUT2D eigenvalue weighted by Gasteiger charge is -2.30. The number of aromatic nitrogens is 2. The van der Waals surface area contributed by atoms with Crippen LogP contribution in [-0.4, -0.2) is 59.4 Å². The molecular weight excluding hydrogens is 431 g/mol. The number of hydrogen-bond acceptors (Lipinski definition) is 7. The van der Waals surface area contributed by atoms with E-state index in [0.717, 1.165) is 0 Å². The van der Waals surface area contributed by atoms with Gasteiger partial charge in [-0.2, -0.15) is 0 Å². The van der Waals surface area contributed by atoms with E-state index < -0.39 is 21.9 Å². The van der Waals surface area contributed by atoms with E-state index in [-0.39, 0.29) is 35.8 Å². The Morgan fingerprint density at radius 1 is 1.29 bits per heavy atom. The van der Waals surface area contributed by atoms with Gasteiger partial charge in [0.2, 0.25) is 21.8 Å². The van der Waals surface area contributed by atoms with Gasteiger partial charge in [-0.05, 0) is 31.0 Å². The number of carbonyl (C=O) groups is 1. The van der Waals surface area contributed by atoms with Crippen molar-refractivity contribution in [3.8, 4) is 17.5 Å². The maximum absolute atomic E-state index is 14.4. The number of hydrogen-bond donors (Lipinski definition) is 2. The number of nitrogens with zero attached hydrogens (tertiary/aromatic N) is 3. The summed E-state index contributed by atoms with van der Waals surface area (Å²) in [6.45, 7) is 2.42. The van der Waals surface area contributed by atoms with Gasteiger partial charge >= 0.3 is 6.09 Å². The quantitative estimate of drug-likeness (QED) is 0.647. The molecule has 1 aliphatic rings. The van der Waals surface area contributed by atoms with Crippen molar-refractivity contribution in [2.45, 2.75) is 32.3 Å². The van der Waals surface area contributed by atoms with E-state index in [1.54, 1.807) is 13.0 Å². The van der Waals surface area contributed by atoms with Crippen LogP contribution in [0.25, 0.3) is 0 Å². The first-order valence-corrected chi connectivity index (χ1v) is 11.3. The van der Waals surface area contributed by atoms with Crippen LogP contribution < -0.4 is 14.6 Å². The summed E-state index contributed by atoms with van der Waals surface area (Å²) in [6, 6.07) is 4.12. The Morgan fingerprint density at radius 2 is 1.97 bits per heavy atom. The maximum Gasteiger partial charge on any atom is 0.407 e. The van der Waals surface area contributed by atoms with E-state index in [4.69, 9.17) is 19.7 Å². The standard InChI is InChI=1S/C19H23FN4O6S/c1-12-17(29-14-4-7-24(8-5-14)19(25)26)22-11-23-18(12)30-16-3-2-13(10-15(16)20)6-9-31(21,27)28/h2-3,10-11,14H,4-9H2,1H3,(H,25,26)(H2,21,27,28). The highest BCUT2D eigenvalue weighted by molar-refractivity contribution is 7.89. The van der Waals surface area contributed by atoms with E-state index in [1.165, 1.54) is 23.4 Å². The smallest absolute Gasteiger partial charge is 0.407 e. The van der Waals surface area contributed by atoms with E-state index >= 15 is 0 Å². The second-order valence-electron chi connectivity index (χ2n) is 7.18. The van der Waals surface area contributed by atoms with E-state index in [1.807, 2.05) is 0 Å². The van der Waals surface area contributed by atoms with Crippen molar-refractivity contribution in [2.75, 3.05) is 18.8 Å². The minimum Gasteiger partial charge on any atom is -0.474 e. The van der Waals surface area contributed by atoms with Crippen LogP contribution in [0.15, 0.2) is 24.5 Å². The van der Waals surface area contributed by atoms with Crippen molar-refractivity contribution in [3.63, 3.8) is 0 Å². The molecule has 3 N–H and O–H groups in total. The van der Waals surface area contributed by atoms with Gasteiger partial charge < -0.3 is 19.5 Å². The molecule has 10 nitrogen and oxygen atoms in total. The Morgan fingerprint density at radius 3 is 2.58 bits per heavy atom. The third kappa shape index (κ3) is 6.25. The lowest BCUT2D eigenvalue weighted by atomic mass is 10.1. The Kier molecular flexibility index (Phi) is 6.91. The molecule has 0 atom stereocenters. The average molecular weight is 454 g/mol. The number of carboxylic acid groups (broad SMARTS) is 1. The van der Waals surface area contributed by atoms with Gasteiger partial charge in [-0.3, -0.25) is 0 Å². The molecule has 1 fully saturated rings. The molecule has 2 heterocycles. The number of rotatable bonds is 7. The molecule has 0 aliphatic carbocycles. The van der Waals surface area contributed by atoms with Crippen LogP contribution in [0.2, 0.25) is 0 Å². The molecule has 0 spiro atoms. The van der Waals surface area contributed by atoms with Gasteiger partial charge in [0, 0.05) is 25.9 Å². The summed E-state index contributed by atoms with van der Waals surface area (Å²) >= 11 is 0. The second-order valence-corrected chi connectivity index (χ2v) is 8.91. The third-order valence-electron chi connectivity index (χ3n) is 4.86. The maximum atomic E-state index is 14.4. The van der Waals surface area contributed by atoms with Crippen LogP contribution in [-0.2, 0) is 16.4 Å². The summed E-state index contributed by atoms with van der Waals surface area (Å²) in [4.78, 5) is 20.5. The molecular formula is C19H23FN4O6S. The van der Waals surface area contributed by atoms with Crippen LogP contribution in [0.4, 0.5) is 9.18 Å². The second kappa shape index (κ2) is 9.43. The molecule has 1 aromatic carbocycles. The first kappa shape index (κ1) is 22.7. The monoisotopic (exact) mass is 454 g/mol. The molecule has 0 bridgehead atoms. The van der Waals surface area contributed by atoms with Crippen LogP contribution in [0.5, 0.6) is 17.5 Å². The molecule has 1 amide bonds. The Balaban J connectivity index is 1.67. The predicted octanol–water partition coefficient (Wildman–Crippen LogP) is 2.07. The number of sulfonamides is 1. The molecule has 3 rings (SSSR count). The zero-order valence-electron chi connectivity index (χ0n) is 16.8. The number of benzene rings is 1. The minimum atomic E-state index is -3.64. The molecule has 0 saturated carbocycles. The number of amides is 1. The molecule has 1 saturated heterocycles. The molecule has 0 unspecified atom stereocenters. The van der Waals surface area contributed by atoms with Crippen molar-refractivity contribution < 1.29 is 32.2 Å². The summed E-state index contributed by atoms with van der Waals surface area (Å²) in [5.74, 6) is -0.646. The fourth-order valence-electron chi connectivity index (χ4n) is 3.11. The topological polar surface area (TPSA) is 145 Å². The summed E-state index contributed by atoms with van der Waals surface area (Å²) in [5.41, 5.74) is 0.941. The highest BCUT2D eigenvalue weighted by atomic mass is 32.2. The number of aryl methyl sites for hydroxylation is 1. The Hall–Kier alpha value is -2.99. The SMILES string of the molecule is Cc1c(Oc2ccc(CCS(N)(=O)=O)cc2F)ncnc1OC1CCN(C(=O)O)CC1. The van der Waals surface area contributed by atoms with Gasteiger partial charge in [-0.25, -0.2) is 32.7 Å². The minimum absolute atomic E-state index is 0.0816. The summed E-state index contributed by atoms with van der Waals surface area (Å²) in [7, 11) is -3.64. The molecule has 0 radical (unpaired) electrons. The normalized spacial score (nSPS) is 15.0. The van der Waals surface area contributed by atoms with Crippen LogP contribution >= 0.6 is 0 Å². The Labute approximate surface area is 178 Å². The number of halogens is 1. The molecule has 2 aromatic rings. The number of ether oxygens (including phenoxy) is 2. The number of piperidine rings is 1. The highest BCUT2D eigenvalue weighted by Gasteiger charge is 2.25. The molecule has 12 heteroatoms. The van der Waals surface area contributed by atoms with Gasteiger partial charge in [0.05, 0.1) is 11.3 Å². The van der Waals surface area contributed by atoms with Crippen LogP contribution in [0.1, 0.15) is 24.0 Å². The average Bonchev–Trinajstić information content (AvgIpc) is 2.71. The highest BCUT2D eigenvalue weighted by Crippen LogP contribution is 2.30. The zero-order chi connectivity index (χ0) is 22.6. The van der Waals surface area contributed by atoms with Gasteiger partial charge in [-0.15, -0.1) is 0 Å². The molecule has 1 aliphatic heterocycles. The fourth-order valence-corrected chi connectivity index (χ4v) is 3.63. The summed E-state index contributed by atoms with van der Waals surface area (Å²) in [5, 5.41) is 14.0. The van der Waals surface area contributed by atoms with Crippen molar-refractivity contribution in [2.24, 2.45) is 5.14 Å². The van der Waals surface area contributed by atoms with E-state index in [2.05, 4.69) is 9.97 Å². The van der Waals surface area contributed by atoms with Crippen LogP contribution in [0, 0.1) is 12.7 Å². The van der Waals surface area contributed by atoms with E-state index in [9.17, 15) is 17.6 Å². The number of primary sulfonamides is 1. The molecule has 1 aromatic heterocycles. The predicted molar refractivity (Wildman–Crippen MR) is 108 cm³/mol. The number of likely N-dealkylation sites (tertiary alicyclic amines) is 1. The largest absolute Gasteiger partial charge is 0.474 e. The summed E-state index contributed by atoms with van der Waals surface area (Å²) < 4.78 is 48.0. The first-order valence-electron chi connectivity index (χ1n) is 9.55. The van der Waals surface area contributed by atoms with Gasteiger partial charge in [0.25, 0.3) is 0 Å². The lowest BCUT2D eigenvalue weighted by molar-refractivity contribution is 0.0864. The van der Waals surface area contributed by atoms with Gasteiger partial charge in [-0.1, -0.05) is 6.07 Å². The number of nitrogens with two attached hydrogens (primary N) is 1. The van der Waals surface area contributed by atoms with Gasteiger partial charge in [0.15, 0.2) is 11.6 Å². The van der Waals surface area contributed by atoms with Crippen molar-refractivity contribution >= 4 is 16.1 Å². The molecule has 168 valence electrons. The van der Waals surface area contributed by atoms with Crippen molar-refractivity contribution in [3.05, 3.63) is 41.5 Å². The molecule has 31 heavy (non-hydrogen) atoms. The lowest BCUT2D eigenvalue weighted by Crippen LogP contribution is -2.41. The Bertz CT molecular complexity index is 1060. The van der Waals surface area contributed by atoms with Crippen molar-refractivity contribution in [1.29, 1.82) is 0 Å². The zero-order valence-corrected chi connectivity index (χ0v) is 17.6. The third-order valence-corrected chi connectivity index (χ3v) is 5.63. The summed E-state index contributed by atoms with van der Waals surface area (Å²) in [6.07, 6.45) is 1.22. The van der Waals surface area contributed by atoms with E-state index in [0.29, 0.717) is 37.1 Å².